The van der Waals surface area contributed by atoms with Crippen LogP contribution in [0.5, 0.6) is 11.5 Å². The first-order valence-corrected chi connectivity index (χ1v) is 11.9. The highest BCUT2D eigenvalue weighted by Gasteiger charge is 2.31. The van der Waals surface area contributed by atoms with E-state index in [4.69, 9.17) is 4.74 Å². The molecule has 6 nitrogen and oxygen atoms in total. The quantitative estimate of drug-likeness (QED) is 0.234. The zero-order chi connectivity index (χ0) is 27.8. The van der Waals surface area contributed by atoms with E-state index in [1.807, 2.05) is 30.3 Å². The number of carboxylic acids is 1. The number of alkyl halides is 3. The molecule has 0 heterocycles. The molecule has 39 heavy (non-hydrogen) atoms. The van der Waals surface area contributed by atoms with Crippen LogP contribution in [-0.2, 0) is 11.4 Å². The molecule has 4 aromatic carbocycles. The topological polar surface area (TPSA) is 84.9 Å². The Balaban J connectivity index is 1.41. The molecule has 0 aliphatic heterocycles. The number of carbonyl (C=O) groups excluding carboxylic acids is 1. The van der Waals surface area contributed by atoms with Gasteiger partial charge < -0.3 is 19.9 Å². The standard InChI is InChI=1S/C30H24F3NO5/c31-30(32,33)39-26-16-10-22(11-17-26)21-6-8-23(9-7-21)27(18-28(35)36)34-29(37)24-12-14-25(15-13-24)38-19-20-4-2-1-3-5-20/h1-17,27H,18-19H2,(H,34,37)(H,35,36). The summed E-state index contributed by atoms with van der Waals surface area (Å²) in [7, 11) is 0. The number of hydrogen-bond donors (Lipinski definition) is 2. The molecule has 4 aromatic rings. The number of nitrogens with one attached hydrogen (secondary N) is 1. The molecule has 0 aliphatic rings. The van der Waals surface area contributed by atoms with Crippen LogP contribution in [0.15, 0.2) is 103 Å². The molecule has 0 aromatic heterocycles. The highest BCUT2D eigenvalue weighted by Crippen LogP contribution is 2.28. The van der Waals surface area contributed by atoms with Gasteiger partial charge in [-0.3, -0.25) is 9.59 Å². The van der Waals surface area contributed by atoms with Crippen LogP contribution in [0.2, 0.25) is 0 Å². The van der Waals surface area contributed by atoms with E-state index in [0.29, 0.717) is 34.6 Å². The number of carboxylic acid groups (broad SMARTS) is 1. The summed E-state index contributed by atoms with van der Waals surface area (Å²) >= 11 is 0. The van der Waals surface area contributed by atoms with Gasteiger partial charge in [0, 0.05) is 5.56 Å². The Kier molecular flexibility index (Phi) is 8.50. The van der Waals surface area contributed by atoms with Crippen molar-refractivity contribution < 1.29 is 37.3 Å². The van der Waals surface area contributed by atoms with Gasteiger partial charge in [-0.15, -0.1) is 13.2 Å². The van der Waals surface area contributed by atoms with E-state index in [1.165, 1.54) is 24.3 Å². The van der Waals surface area contributed by atoms with E-state index in [1.54, 1.807) is 48.5 Å². The molecule has 0 fully saturated rings. The van der Waals surface area contributed by atoms with Gasteiger partial charge in [-0.2, -0.15) is 0 Å². The predicted octanol–water partition coefficient (Wildman–Crippen LogP) is 6.78. The van der Waals surface area contributed by atoms with Crippen LogP contribution < -0.4 is 14.8 Å². The van der Waals surface area contributed by atoms with Crippen molar-refractivity contribution >= 4 is 11.9 Å². The minimum atomic E-state index is -4.77. The lowest BCUT2D eigenvalue weighted by molar-refractivity contribution is -0.274. The molecule has 1 amide bonds. The molecular formula is C30H24F3NO5. The minimum Gasteiger partial charge on any atom is -0.489 e. The first-order chi connectivity index (χ1) is 18.7. The molecule has 0 saturated carbocycles. The molecule has 1 unspecified atom stereocenters. The molecule has 0 bridgehead atoms. The van der Waals surface area contributed by atoms with Crippen LogP contribution >= 0.6 is 0 Å². The Morgan fingerprint density at radius 1 is 0.769 bits per heavy atom. The van der Waals surface area contributed by atoms with E-state index in [0.717, 1.165) is 5.56 Å². The maximum atomic E-state index is 12.9. The van der Waals surface area contributed by atoms with Gasteiger partial charge >= 0.3 is 12.3 Å². The maximum absolute atomic E-state index is 12.9. The van der Waals surface area contributed by atoms with Crippen LogP contribution in [0.1, 0.15) is 33.9 Å². The Morgan fingerprint density at radius 2 is 1.33 bits per heavy atom. The molecule has 0 aliphatic carbocycles. The lowest BCUT2D eigenvalue weighted by atomic mass is 9.98. The van der Waals surface area contributed by atoms with Gasteiger partial charge in [0.15, 0.2) is 0 Å². The van der Waals surface area contributed by atoms with Crippen LogP contribution in [0.3, 0.4) is 0 Å². The van der Waals surface area contributed by atoms with E-state index in [-0.39, 0.29) is 12.2 Å². The second-order valence-electron chi connectivity index (χ2n) is 8.62. The summed E-state index contributed by atoms with van der Waals surface area (Å²) in [5.74, 6) is -1.27. The average Bonchev–Trinajstić information content (AvgIpc) is 2.92. The number of carbonyl (C=O) groups is 2. The fourth-order valence-corrected chi connectivity index (χ4v) is 3.87. The fourth-order valence-electron chi connectivity index (χ4n) is 3.87. The molecule has 0 saturated heterocycles. The molecule has 4 rings (SSSR count). The van der Waals surface area contributed by atoms with Crippen molar-refractivity contribution in [3.8, 4) is 22.6 Å². The molecule has 1 atom stereocenters. The van der Waals surface area contributed by atoms with Crippen molar-refractivity contribution in [1.29, 1.82) is 0 Å². The third-order valence-electron chi connectivity index (χ3n) is 5.78. The number of aliphatic carboxylic acids is 1. The smallest absolute Gasteiger partial charge is 0.489 e. The number of amides is 1. The van der Waals surface area contributed by atoms with Crippen molar-refractivity contribution in [3.05, 3.63) is 120 Å². The monoisotopic (exact) mass is 535 g/mol. The molecular weight excluding hydrogens is 511 g/mol. The summed E-state index contributed by atoms with van der Waals surface area (Å²) < 4.78 is 46.8. The van der Waals surface area contributed by atoms with Crippen LogP contribution in [-0.4, -0.2) is 23.3 Å². The number of rotatable bonds is 10. The number of halogens is 3. The van der Waals surface area contributed by atoms with Crippen molar-refractivity contribution in [1.82, 2.24) is 5.32 Å². The first kappa shape index (κ1) is 27.3. The highest BCUT2D eigenvalue weighted by molar-refractivity contribution is 5.94. The van der Waals surface area contributed by atoms with Gasteiger partial charge in [-0.1, -0.05) is 66.7 Å². The van der Waals surface area contributed by atoms with Crippen LogP contribution in [0.4, 0.5) is 13.2 Å². The Hall–Kier alpha value is -4.79. The third kappa shape index (κ3) is 8.10. The molecule has 200 valence electrons. The van der Waals surface area contributed by atoms with Gasteiger partial charge in [-0.25, -0.2) is 0 Å². The molecule has 0 radical (unpaired) electrons. The summed E-state index contributed by atoms with van der Waals surface area (Å²) in [6, 6.07) is 27.5. The Morgan fingerprint density at radius 3 is 1.90 bits per heavy atom. The number of ether oxygens (including phenoxy) is 2. The van der Waals surface area contributed by atoms with Gasteiger partial charge in [0.05, 0.1) is 12.5 Å². The molecule has 0 spiro atoms. The second-order valence-corrected chi connectivity index (χ2v) is 8.62. The van der Waals surface area contributed by atoms with Gasteiger partial charge in [-0.05, 0) is 58.7 Å². The zero-order valence-corrected chi connectivity index (χ0v) is 20.5. The summed E-state index contributed by atoms with van der Waals surface area (Å²) in [5.41, 5.74) is 3.26. The van der Waals surface area contributed by atoms with Crippen molar-refractivity contribution in [2.45, 2.75) is 25.4 Å². The Labute approximate surface area is 222 Å². The van der Waals surface area contributed by atoms with E-state index in [2.05, 4.69) is 10.1 Å². The number of benzene rings is 4. The van der Waals surface area contributed by atoms with Gasteiger partial charge in [0.25, 0.3) is 5.91 Å². The molecule has 9 heteroatoms. The highest BCUT2D eigenvalue weighted by atomic mass is 19.4. The van der Waals surface area contributed by atoms with E-state index in [9.17, 15) is 27.9 Å². The summed E-state index contributed by atoms with van der Waals surface area (Å²) in [6.45, 7) is 0.383. The zero-order valence-electron chi connectivity index (χ0n) is 20.5. The Bertz CT molecular complexity index is 1390. The summed E-state index contributed by atoms with van der Waals surface area (Å²) in [4.78, 5) is 24.4. The van der Waals surface area contributed by atoms with Crippen molar-refractivity contribution in [3.63, 3.8) is 0 Å². The fraction of sp³-hybridized carbons (Fsp3) is 0.133. The number of hydrogen-bond acceptors (Lipinski definition) is 4. The van der Waals surface area contributed by atoms with E-state index < -0.39 is 24.3 Å². The van der Waals surface area contributed by atoms with Crippen molar-refractivity contribution in [2.75, 3.05) is 0 Å². The second kappa shape index (κ2) is 12.2. The van der Waals surface area contributed by atoms with Gasteiger partial charge in [0.1, 0.15) is 18.1 Å². The van der Waals surface area contributed by atoms with E-state index >= 15 is 0 Å². The first-order valence-electron chi connectivity index (χ1n) is 11.9. The largest absolute Gasteiger partial charge is 0.573 e. The van der Waals surface area contributed by atoms with Gasteiger partial charge in [0.2, 0.25) is 0 Å². The van der Waals surface area contributed by atoms with Crippen molar-refractivity contribution in [2.24, 2.45) is 0 Å². The average molecular weight is 536 g/mol. The van der Waals surface area contributed by atoms with Crippen LogP contribution in [0, 0.1) is 0 Å². The predicted molar refractivity (Wildman–Crippen MR) is 138 cm³/mol. The SMILES string of the molecule is O=C(O)CC(NC(=O)c1ccc(OCc2ccccc2)cc1)c1ccc(-c2ccc(OC(F)(F)F)cc2)cc1. The minimum absolute atomic E-state index is 0.331. The lowest BCUT2D eigenvalue weighted by Crippen LogP contribution is -2.30. The maximum Gasteiger partial charge on any atom is 0.573 e. The summed E-state index contributed by atoms with van der Waals surface area (Å²) in [5, 5.41) is 12.2. The lowest BCUT2D eigenvalue weighted by Gasteiger charge is -2.18. The summed E-state index contributed by atoms with van der Waals surface area (Å²) in [6.07, 6.45) is -5.11. The normalized spacial score (nSPS) is 11.9. The molecule has 2 N–H and O–H groups in total. The van der Waals surface area contributed by atoms with Crippen LogP contribution in [0.25, 0.3) is 11.1 Å². The third-order valence-corrected chi connectivity index (χ3v) is 5.78.